The summed E-state index contributed by atoms with van der Waals surface area (Å²) < 4.78 is 5.34. The molecule has 0 heterocycles. The van der Waals surface area contributed by atoms with Crippen molar-refractivity contribution in [1.82, 2.24) is 4.90 Å². The molecule has 0 aromatic heterocycles. The smallest absolute Gasteiger partial charge is 0.209 e. The number of amides is 1. The van der Waals surface area contributed by atoms with Crippen molar-refractivity contribution < 1.29 is 14.6 Å². The lowest BCUT2D eigenvalue weighted by molar-refractivity contribution is -0.118. The first-order valence-corrected chi connectivity index (χ1v) is 7.73. The molecule has 0 bridgehead atoms. The van der Waals surface area contributed by atoms with Crippen LogP contribution in [0.3, 0.4) is 0 Å². The van der Waals surface area contributed by atoms with E-state index in [0.29, 0.717) is 19.6 Å². The Morgan fingerprint density at radius 3 is 2.26 bits per heavy atom. The average molecular weight is 273 g/mol. The summed E-state index contributed by atoms with van der Waals surface area (Å²) in [5.74, 6) is 0. The minimum absolute atomic E-state index is 0.179. The van der Waals surface area contributed by atoms with E-state index in [2.05, 4.69) is 6.92 Å². The number of hydrogen-bond acceptors (Lipinski definition) is 3. The molecule has 4 heteroatoms. The molecule has 0 rings (SSSR count). The van der Waals surface area contributed by atoms with Crippen LogP contribution in [0.25, 0.3) is 0 Å². The van der Waals surface area contributed by atoms with E-state index in [1.54, 1.807) is 0 Å². The maximum atomic E-state index is 10.9. The van der Waals surface area contributed by atoms with Gasteiger partial charge in [0.25, 0.3) is 0 Å². The summed E-state index contributed by atoms with van der Waals surface area (Å²) in [6.07, 6.45) is 10.0. The molecule has 0 fully saturated rings. The molecule has 19 heavy (non-hydrogen) atoms. The third kappa shape index (κ3) is 13.6. The van der Waals surface area contributed by atoms with Gasteiger partial charge in [-0.1, -0.05) is 39.0 Å². The zero-order chi connectivity index (χ0) is 14.2. The van der Waals surface area contributed by atoms with Crippen LogP contribution >= 0.6 is 0 Å². The van der Waals surface area contributed by atoms with E-state index >= 15 is 0 Å². The standard InChI is InChI=1S/C15H31NO3/c1-2-3-4-5-6-7-10-16(15-18)11-8-13-19-14-9-12-17/h15,17H,2-14H2,1H3. The number of aliphatic hydroxyl groups excluding tert-OH is 1. The van der Waals surface area contributed by atoms with Crippen LogP contribution in [0.2, 0.25) is 0 Å². The molecule has 0 atom stereocenters. The Hall–Kier alpha value is -0.610. The van der Waals surface area contributed by atoms with Crippen LogP contribution in [0.4, 0.5) is 0 Å². The van der Waals surface area contributed by atoms with Crippen molar-refractivity contribution in [2.75, 3.05) is 32.9 Å². The van der Waals surface area contributed by atoms with Gasteiger partial charge in [-0.25, -0.2) is 0 Å². The van der Waals surface area contributed by atoms with Gasteiger partial charge in [0.1, 0.15) is 0 Å². The van der Waals surface area contributed by atoms with E-state index in [0.717, 1.165) is 32.3 Å². The monoisotopic (exact) mass is 273 g/mol. The second-order valence-corrected chi connectivity index (χ2v) is 4.95. The highest BCUT2D eigenvalue weighted by Gasteiger charge is 2.01. The Morgan fingerprint density at radius 2 is 1.58 bits per heavy atom. The van der Waals surface area contributed by atoms with Gasteiger partial charge in [-0.15, -0.1) is 0 Å². The minimum Gasteiger partial charge on any atom is -0.396 e. The molecule has 0 aromatic rings. The Balaban J connectivity index is 3.32. The third-order valence-electron chi connectivity index (χ3n) is 3.13. The van der Waals surface area contributed by atoms with E-state index in [9.17, 15) is 4.79 Å². The van der Waals surface area contributed by atoms with Gasteiger partial charge < -0.3 is 14.7 Å². The molecule has 0 aliphatic heterocycles. The van der Waals surface area contributed by atoms with Crippen LogP contribution in [0.1, 0.15) is 58.3 Å². The number of ether oxygens (including phenoxy) is 1. The lowest BCUT2D eigenvalue weighted by Gasteiger charge is -2.17. The SMILES string of the molecule is CCCCCCCCN(C=O)CCCOCCCO. The highest BCUT2D eigenvalue weighted by Crippen LogP contribution is 2.05. The predicted molar refractivity (Wildman–Crippen MR) is 78.2 cm³/mol. The molecule has 1 N–H and O–H groups in total. The number of rotatable bonds is 15. The van der Waals surface area contributed by atoms with Gasteiger partial charge in [-0.2, -0.15) is 0 Å². The van der Waals surface area contributed by atoms with Crippen molar-refractivity contribution in [3.05, 3.63) is 0 Å². The van der Waals surface area contributed by atoms with E-state index < -0.39 is 0 Å². The van der Waals surface area contributed by atoms with Gasteiger partial charge in [0, 0.05) is 32.9 Å². The summed E-state index contributed by atoms with van der Waals surface area (Å²) in [7, 11) is 0. The van der Waals surface area contributed by atoms with Crippen molar-refractivity contribution in [3.8, 4) is 0 Å². The van der Waals surface area contributed by atoms with Crippen LogP contribution in [-0.2, 0) is 9.53 Å². The quantitative estimate of drug-likeness (QED) is 0.368. The molecule has 1 amide bonds. The molecule has 4 nitrogen and oxygen atoms in total. The second-order valence-electron chi connectivity index (χ2n) is 4.95. The zero-order valence-corrected chi connectivity index (χ0v) is 12.5. The normalized spacial score (nSPS) is 10.6. The van der Waals surface area contributed by atoms with Gasteiger partial charge in [0.05, 0.1) is 0 Å². The first kappa shape index (κ1) is 18.4. The molecule has 0 aliphatic rings. The van der Waals surface area contributed by atoms with E-state index in [-0.39, 0.29) is 6.61 Å². The van der Waals surface area contributed by atoms with Crippen LogP contribution in [-0.4, -0.2) is 49.3 Å². The number of nitrogens with zero attached hydrogens (tertiary/aromatic N) is 1. The van der Waals surface area contributed by atoms with Crippen molar-refractivity contribution in [2.24, 2.45) is 0 Å². The summed E-state index contributed by atoms with van der Waals surface area (Å²) in [4.78, 5) is 12.7. The minimum atomic E-state index is 0.179. The fourth-order valence-corrected chi connectivity index (χ4v) is 1.95. The Morgan fingerprint density at radius 1 is 0.947 bits per heavy atom. The van der Waals surface area contributed by atoms with Crippen LogP contribution in [0.15, 0.2) is 0 Å². The van der Waals surface area contributed by atoms with Crippen LogP contribution < -0.4 is 0 Å². The fraction of sp³-hybridized carbons (Fsp3) is 0.933. The third-order valence-corrected chi connectivity index (χ3v) is 3.13. The second kappa shape index (κ2) is 15.4. The topological polar surface area (TPSA) is 49.8 Å². The molecule has 0 aliphatic carbocycles. The zero-order valence-electron chi connectivity index (χ0n) is 12.5. The molecule has 114 valence electrons. The van der Waals surface area contributed by atoms with Gasteiger partial charge in [0.15, 0.2) is 0 Å². The maximum absolute atomic E-state index is 10.9. The molecule has 0 radical (unpaired) electrons. The summed E-state index contributed by atoms with van der Waals surface area (Å²) in [5.41, 5.74) is 0. The Labute approximate surface area is 118 Å². The molecular formula is C15H31NO3. The van der Waals surface area contributed by atoms with Gasteiger partial charge >= 0.3 is 0 Å². The molecular weight excluding hydrogens is 242 g/mol. The summed E-state index contributed by atoms with van der Waals surface area (Å²) in [6, 6.07) is 0. The summed E-state index contributed by atoms with van der Waals surface area (Å²) in [6.45, 7) is 5.31. The first-order chi connectivity index (χ1) is 9.35. The molecule has 0 aromatic carbocycles. The van der Waals surface area contributed by atoms with Crippen LogP contribution in [0, 0.1) is 0 Å². The van der Waals surface area contributed by atoms with Crippen molar-refractivity contribution >= 4 is 6.41 Å². The molecule has 0 unspecified atom stereocenters. The van der Waals surface area contributed by atoms with Gasteiger partial charge in [0.2, 0.25) is 6.41 Å². The summed E-state index contributed by atoms with van der Waals surface area (Å²) >= 11 is 0. The molecule has 0 saturated carbocycles. The Bertz CT molecular complexity index is 172. The Kier molecular flexibility index (Phi) is 15.0. The number of hydrogen-bond donors (Lipinski definition) is 1. The number of carbonyl (C=O) groups is 1. The van der Waals surface area contributed by atoms with E-state index in [1.807, 2.05) is 4.90 Å². The number of aliphatic hydroxyl groups is 1. The fourth-order valence-electron chi connectivity index (χ4n) is 1.95. The van der Waals surface area contributed by atoms with Crippen molar-refractivity contribution in [1.29, 1.82) is 0 Å². The highest BCUT2D eigenvalue weighted by atomic mass is 16.5. The molecule has 0 spiro atoms. The molecule has 0 saturated heterocycles. The van der Waals surface area contributed by atoms with Crippen molar-refractivity contribution in [3.63, 3.8) is 0 Å². The number of carbonyl (C=O) groups excluding carboxylic acids is 1. The maximum Gasteiger partial charge on any atom is 0.209 e. The van der Waals surface area contributed by atoms with Gasteiger partial charge in [-0.3, -0.25) is 4.79 Å². The van der Waals surface area contributed by atoms with E-state index in [1.165, 1.54) is 32.1 Å². The van der Waals surface area contributed by atoms with Crippen molar-refractivity contribution in [2.45, 2.75) is 58.3 Å². The highest BCUT2D eigenvalue weighted by molar-refractivity contribution is 5.46. The van der Waals surface area contributed by atoms with E-state index in [4.69, 9.17) is 9.84 Å². The number of unbranched alkanes of at least 4 members (excludes halogenated alkanes) is 5. The largest absolute Gasteiger partial charge is 0.396 e. The lowest BCUT2D eigenvalue weighted by Crippen LogP contribution is -2.25. The average Bonchev–Trinajstić information content (AvgIpc) is 2.44. The first-order valence-electron chi connectivity index (χ1n) is 7.73. The lowest BCUT2D eigenvalue weighted by atomic mass is 10.1. The predicted octanol–water partition coefficient (Wildman–Crippen LogP) is 2.59. The summed E-state index contributed by atoms with van der Waals surface area (Å²) in [5, 5.41) is 8.59. The van der Waals surface area contributed by atoms with Gasteiger partial charge in [-0.05, 0) is 19.3 Å². The van der Waals surface area contributed by atoms with Crippen LogP contribution in [0.5, 0.6) is 0 Å².